The van der Waals surface area contributed by atoms with Gasteiger partial charge in [-0.1, -0.05) is 19.9 Å². The number of nitriles is 1. The minimum Gasteiger partial charge on any atom is -0.374 e. The lowest BCUT2D eigenvalue weighted by Gasteiger charge is -2.23. The minimum atomic E-state index is 0.590. The lowest BCUT2D eigenvalue weighted by Crippen LogP contribution is -2.31. The van der Waals surface area contributed by atoms with E-state index in [2.05, 4.69) is 37.2 Å². The van der Waals surface area contributed by atoms with Crippen LogP contribution in [0.1, 0.15) is 25.8 Å². The third-order valence-electron chi connectivity index (χ3n) is 2.92. The van der Waals surface area contributed by atoms with Gasteiger partial charge in [-0.25, -0.2) is 0 Å². The van der Waals surface area contributed by atoms with Crippen LogP contribution in [0, 0.1) is 17.2 Å². The van der Waals surface area contributed by atoms with Crippen molar-refractivity contribution >= 4 is 5.69 Å². The topological polar surface area (TPSA) is 39.1 Å². The molecule has 0 saturated carbocycles. The Morgan fingerprint density at radius 3 is 2.89 bits per heavy atom. The number of benzene rings is 1. The number of nitrogens with one attached hydrogen (secondary N) is 1. The molecule has 0 fully saturated rings. The van der Waals surface area contributed by atoms with Gasteiger partial charge in [-0.3, -0.25) is 0 Å². The van der Waals surface area contributed by atoms with Crippen molar-refractivity contribution in [2.75, 3.05) is 31.6 Å². The zero-order valence-corrected chi connectivity index (χ0v) is 11.6. The van der Waals surface area contributed by atoms with E-state index in [1.54, 1.807) is 0 Å². The van der Waals surface area contributed by atoms with Crippen molar-refractivity contribution in [2.24, 2.45) is 5.92 Å². The molecule has 0 radical (unpaired) electrons. The molecule has 0 amide bonds. The second-order valence-corrected chi connectivity index (χ2v) is 4.85. The third kappa shape index (κ3) is 4.77. The molecule has 0 saturated heterocycles. The largest absolute Gasteiger partial charge is 0.374 e. The molecule has 3 nitrogen and oxygen atoms in total. The van der Waals surface area contributed by atoms with Crippen LogP contribution in [0.5, 0.6) is 0 Å². The summed E-state index contributed by atoms with van der Waals surface area (Å²) in [5, 5.41) is 12.3. The minimum absolute atomic E-state index is 0.590. The Hall–Kier alpha value is -1.53. The van der Waals surface area contributed by atoms with Gasteiger partial charge in [0.15, 0.2) is 0 Å². The number of nitrogens with zero attached hydrogens (tertiary/aromatic N) is 2. The van der Waals surface area contributed by atoms with Gasteiger partial charge in [-0.15, -0.1) is 0 Å². The zero-order chi connectivity index (χ0) is 13.4. The summed E-state index contributed by atoms with van der Waals surface area (Å²) in [5.41, 5.74) is 1.83. The van der Waals surface area contributed by atoms with E-state index in [9.17, 15) is 0 Å². The summed E-state index contributed by atoms with van der Waals surface area (Å²) >= 11 is 0. The fourth-order valence-electron chi connectivity index (χ4n) is 1.98. The lowest BCUT2D eigenvalue weighted by molar-refractivity contribution is 0.512. The van der Waals surface area contributed by atoms with Crippen molar-refractivity contribution in [3.8, 4) is 6.07 Å². The molecule has 1 atom stereocenters. The molecule has 1 aromatic rings. The summed E-state index contributed by atoms with van der Waals surface area (Å²) < 4.78 is 0. The first-order chi connectivity index (χ1) is 8.67. The highest BCUT2D eigenvalue weighted by Gasteiger charge is 2.07. The summed E-state index contributed by atoms with van der Waals surface area (Å²) in [4.78, 5) is 2.21. The highest BCUT2D eigenvalue weighted by molar-refractivity contribution is 5.50. The SMILES string of the molecule is CCCNCC(C)CN(C)c1cccc(C#N)c1. The Labute approximate surface area is 110 Å². The molecule has 0 aromatic heterocycles. The Balaban J connectivity index is 2.48. The molecule has 0 aliphatic carbocycles. The summed E-state index contributed by atoms with van der Waals surface area (Å²) in [6.07, 6.45) is 1.17. The maximum absolute atomic E-state index is 8.89. The quantitative estimate of drug-likeness (QED) is 0.751. The number of anilines is 1. The highest BCUT2D eigenvalue weighted by Crippen LogP contribution is 2.15. The maximum atomic E-state index is 8.89. The summed E-state index contributed by atoms with van der Waals surface area (Å²) in [7, 11) is 2.08. The molecular weight excluding hydrogens is 222 g/mol. The lowest BCUT2D eigenvalue weighted by atomic mass is 10.1. The van der Waals surface area contributed by atoms with Gasteiger partial charge in [0.2, 0.25) is 0 Å². The van der Waals surface area contributed by atoms with Gasteiger partial charge in [0, 0.05) is 19.3 Å². The van der Waals surface area contributed by atoms with Gasteiger partial charge in [-0.2, -0.15) is 5.26 Å². The first-order valence-electron chi connectivity index (χ1n) is 6.59. The average molecular weight is 245 g/mol. The van der Waals surface area contributed by atoms with Gasteiger partial charge in [0.05, 0.1) is 11.6 Å². The Morgan fingerprint density at radius 1 is 1.44 bits per heavy atom. The van der Waals surface area contributed by atoms with Gasteiger partial charge < -0.3 is 10.2 Å². The van der Waals surface area contributed by atoms with E-state index in [0.717, 1.165) is 30.9 Å². The van der Waals surface area contributed by atoms with Crippen LogP contribution in [0.4, 0.5) is 5.69 Å². The Morgan fingerprint density at radius 2 is 2.22 bits per heavy atom. The number of rotatable bonds is 7. The second-order valence-electron chi connectivity index (χ2n) is 4.85. The smallest absolute Gasteiger partial charge is 0.0992 e. The van der Waals surface area contributed by atoms with Crippen molar-refractivity contribution < 1.29 is 0 Å². The normalized spacial score (nSPS) is 11.9. The summed E-state index contributed by atoms with van der Waals surface area (Å²) in [6.45, 7) is 7.53. The van der Waals surface area contributed by atoms with Crippen molar-refractivity contribution in [3.05, 3.63) is 29.8 Å². The van der Waals surface area contributed by atoms with Crippen LogP contribution in [0.15, 0.2) is 24.3 Å². The van der Waals surface area contributed by atoms with E-state index >= 15 is 0 Å². The van der Waals surface area contributed by atoms with Crippen LogP contribution in [0.25, 0.3) is 0 Å². The zero-order valence-electron chi connectivity index (χ0n) is 11.6. The van der Waals surface area contributed by atoms with Crippen LogP contribution in [0.3, 0.4) is 0 Å². The Bertz CT molecular complexity index is 395. The molecule has 0 aliphatic rings. The van der Waals surface area contributed by atoms with E-state index in [0.29, 0.717) is 5.92 Å². The molecule has 18 heavy (non-hydrogen) atoms. The molecule has 0 aliphatic heterocycles. The molecule has 0 spiro atoms. The number of hydrogen-bond acceptors (Lipinski definition) is 3. The van der Waals surface area contributed by atoms with Crippen molar-refractivity contribution in [1.29, 1.82) is 5.26 Å². The fourth-order valence-corrected chi connectivity index (χ4v) is 1.98. The van der Waals surface area contributed by atoms with E-state index in [4.69, 9.17) is 5.26 Å². The van der Waals surface area contributed by atoms with Crippen LogP contribution >= 0.6 is 0 Å². The third-order valence-corrected chi connectivity index (χ3v) is 2.92. The predicted octanol–water partition coefficient (Wildman–Crippen LogP) is 2.63. The van der Waals surface area contributed by atoms with Gasteiger partial charge in [0.1, 0.15) is 0 Å². The molecule has 1 unspecified atom stereocenters. The molecular formula is C15H23N3. The Kier molecular flexibility index (Phi) is 6.24. The van der Waals surface area contributed by atoms with Gasteiger partial charge >= 0.3 is 0 Å². The molecule has 1 rings (SSSR count). The standard InChI is InChI=1S/C15H23N3/c1-4-8-17-11-13(2)12-18(3)15-7-5-6-14(9-15)10-16/h5-7,9,13,17H,4,8,11-12H2,1-3H3. The first-order valence-corrected chi connectivity index (χ1v) is 6.59. The molecule has 1 aromatic carbocycles. The van der Waals surface area contributed by atoms with Crippen LogP contribution in [0.2, 0.25) is 0 Å². The summed E-state index contributed by atoms with van der Waals surface area (Å²) in [6, 6.07) is 9.94. The van der Waals surface area contributed by atoms with Crippen LogP contribution in [-0.4, -0.2) is 26.7 Å². The average Bonchev–Trinajstić information content (AvgIpc) is 2.39. The first kappa shape index (κ1) is 14.5. The van der Waals surface area contributed by atoms with Crippen LogP contribution < -0.4 is 10.2 Å². The van der Waals surface area contributed by atoms with E-state index < -0.39 is 0 Å². The predicted molar refractivity (Wildman–Crippen MR) is 76.8 cm³/mol. The van der Waals surface area contributed by atoms with Crippen molar-refractivity contribution in [2.45, 2.75) is 20.3 Å². The molecule has 1 N–H and O–H groups in total. The molecule has 0 bridgehead atoms. The van der Waals surface area contributed by atoms with Crippen LogP contribution in [-0.2, 0) is 0 Å². The monoisotopic (exact) mass is 245 g/mol. The highest BCUT2D eigenvalue weighted by atomic mass is 15.1. The molecule has 3 heteroatoms. The fraction of sp³-hybridized carbons (Fsp3) is 0.533. The molecule has 0 heterocycles. The van der Waals surface area contributed by atoms with Gasteiger partial charge in [-0.05, 0) is 43.6 Å². The van der Waals surface area contributed by atoms with E-state index in [-0.39, 0.29) is 0 Å². The van der Waals surface area contributed by atoms with Crippen molar-refractivity contribution in [1.82, 2.24) is 5.32 Å². The summed E-state index contributed by atoms with van der Waals surface area (Å²) in [5.74, 6) is 0.590. The molecule has 98 valence electrons. The van der Waals surface area contributed by atoms with Gasteiger partial charge in [0.25, 0.3) is 0 Å². The van der Waals surface area contributed by atoms with Crippen molar-refractivity contribution in [3.63, 3.8) is 0 Å². The maximum Gasteiger partial charge on any atom is 0.0992 e. The van der Waals surface area contributed by atoms with E-state index in [1.807, 2.05) is 24.3 Å². The second kappa shape index (κ2) is 7.73. The number of hydrogen-bond donors (Lipinski definition) is 1. The van der Waals surface area contributed by atoms with E-state index in [1.165, 1.54) is 6.42 Å².